The van der Waals surface area contributed by atoms with Crippen molar-refractivity contribution in [3.63, 3.8) is 0 Å². The lowest BCUT2D eigenvalue weighted by Gasteiger charge is -2.06. The third-order valence-electron chi connectivity index (χ3n) is 5.27. The minimum atomic E-state index is -0.328. The van der Waals surface area contributed by atoms with Crippen LogP contribution in [0.3, 0.4) is 0 Å². The van der Waals surface area contributed by atoms with Gasteiger partial charge >= 0.3 is 0 Å². The molecular weight excluding hydrogens is 430 g/mol. The summed E-state index contributed by atoms with van der Waals surface area (Å²) in [7, 11) is 0. The lowest BCUT2D eigenvalue weighted by molar-refractivity contribution is 0.102. The minimum Gasteiger partial charge on any atom is -0.296 e. The molecule has 0 saturated heterocycles. The summed E-state index contributed by atoms with van der Waals surface area (Å²) in [5.41, 5.74) is 6.08. The van der Waals surface area contributed by atoms with Crippen LogP contribution in [0.4, 0.5) is 5.13 Å². The molecule has 31 heavy (non-hydrogen) atoms. The van der Waals surface area contributed by atoms with Gasteiger partial charge in [-0.15, -0.1) is 16.4 Å². The fourth-order valence-corrected chi connectivity index (χ4v) is 4.44. The van der Waals surface area contributed by atoms with Crippen molar-refractivity contribution >= 4 is 34.0 Å². The largest absolute Gasteiger partial charge is 0.296 e. The number of halogens is 1. The molecule has 0 unspecified atom stereocenters. The summed E-state index contributed by atoms with van der Waals surface area (Å²) in [6, 6.07) is 13.8. The third kappa shape index (κ3) is 4.38. The summed E-state index contributed by atoms with van der Waals surface area (Å²) in [6.07, 6.45) is 0.668. The maximum absolute atomic E-state index is 12.9. The molecule has 0 spiro atoms. The monoisotopic (exact) mass is 451 g/mol. The van der Waals surface area contributed by atoms with E-state index in [9.17, 15) is 4.79 Å². The number of carbonyl (C=O) groups is 1. The van der Waals surface area contributed by atoms with Gasteiger partial charge in [-0.2, -0.15) is 0 Å². The van der Waals surface area contributed by atoms with Crippen LogP contribution in [-0.4, -0.2) is 25.9 Å². The minimum absolute atomic E-state index is 0.277. The highest BCUT2D eigenvalue weighted by Crippen LogP contribution is 2.28. The molecule has 0 aliphatic heterocycles. The van der Waals surface area contributed by atoms with Crippen molar-refractivity contribution in [3.8, 4) is 5.69 Å². The van der Waals surface area contributed by atoms with Crippen molar-refractivity contribution in [1.82, 2.24) is 20.0 Å². The molecule has 2 aromatic heterocycles. The fourth-order valence-electron chi connectivity index (χ4n) is 3.26. The fraction of sp³-hybridized carbons (Fsp3) is 0.217. The smallest absolute Gasteiger partial charge is 0.279 e. The summed E-state index contributed by atoms with van der Waals surface area (Å²) in [5.74, 6) is -0.328. The van der Waals surface area contributed by atoms with Crippen molar-refractivity contribution in [2.75, 3.05) is 5.32 Å². The van der Waals surface area contributed by atoms with Gasteiger partial charge in [-0.05, 0) is 62.6 Å². The van der Waals surface area contributed by atoms with Gasteiger partial charge < -0.3 is 0 Å². The van der Waals surface area contributed by atoms with Gasteiger partial charge in [0, 0.05) is 16.3 Å². The van der Waals surface area contributed by atoms with Crippen LogP contribution in [0.15, 0.2) is 42.5 Å². The summed E-state index contributed by atoms with van der Waals surface area (Å²) < 4.78 is 1.68. The topological polar surface area (TPSA) is 72.7 Å². The normalized spacial score (nSPS) is 11.0. The van der Waals surface area contributed by atoms with Crippen LogP contribution in [0.25, 0.3) is 5.69 Å². The van der Waals surface area contributed by atoms with Crippen LogP contribution in [0.1, 0.15) is 43.4 Å². The number of nitrogens with zero attached hydrogens (tertiary/aromatic N) is 4. The number of aromatic nitrogens is 4. The van der Waals surface area contributed by atoms with Gasteiger partial charge in [-0.25, -0.2) is 9.67 Å². The zero-order valence-electron chi connectivity index (χ0n) is 17.7. The van der Waals surface area contributed by atoms with E-state index in [0.717, 1.165) is 32.4 Å². The molecule has 0 saturated carbocycles. The van der Waals surface area contributed by atoms with Gasteiger partial charge in [0.2, 0.25) is 0 Å². The predicted molar refractivity (Wildman–Crippen MR) is 125 cm³/mol. The van der Waals surface area contributed by atoms with E-state index in [2.05, 4.69) is 27.5 Å². The number of benzene rings is 2. The van der Waals surface area contributed by atoms with Crippen molar-refractivity contribution in [1.29, 1.82) is 0 Å². The lowest BCUT2D eigenvalue weighted by atomic mass is 10.1. The second-order valence-corrected chi connectivity index (χ2v) is 8.94. The second-order valence-electron chi connectivity index (χ2n) is 7.45. The van der Waals surface area contributed by atoms with Crippen LogP contribution < -0.4 is 5.32 Å². The first-order valence-electron chi connectivity index (χ1n) is 9.84. The first-order valence-corrected chi connectivity index (χ1v) is 11.0. The van der Waals surface area contributed by atoms with E-state index in [0.29, 0.717) is 17.2 Å². The Morgan fingerprint density at radius 1 is 1.10 bits per heavy atom. The van der Waals surface area contributed by atoms with Crippen LogP contribution in [0.2, 0.25) is 5.02 Å². The van der Waals surface area contributed by atoms with Crippen LogP contribution >= 0.6 is 22.9 Å². The quantitative estimate of drug-likeness (QED) is 0.437. The highest BCUT2D eigenvalue weighted by atomic mass is 35.5. The molecule has 2 aromatic carbocycles. The summed E-state index contributed by atoms with van der Waals surface area (Å²) in [5, 5.41) is 12.4. The number of thiazole rings is 1. The Morgan fingerprint density at radius 3 is 2.61 bits per heavy atom. The zero-order valence-corrected chi connectivity index (χ0v) is 19.3. The van der Waals surface area contributed by atoms with Crippen LogP contribution in [0.5, 0.6) is 0 Å². The van der Waals surface area contributed by atoms with E-state index in [1.54, 1.807) is 4.68 Å². The first-order chi connectivity index (χ1) is 14.8. The van der Waals surface area contributed by atoms with Crippen molar-refractivity contribution in [3.05, 3.63) is 86.1 Å². The zero-order chi connectivity index (χ0) is 22.1. The Balaban J connectivity index is 1.53. The van der Waals surface area contributed by atoms with Crippen molar-refractivity contribution < 1.29 is 4.79 Å². The molecule has 0 aliphatic carbocycles. The molecule has 1 amide bonds. The lowest BCUT2D eigenvalue weighted by Crippen LogP contribution is -2.14. The van der Waals surface area contributed by atoms with Gasteiger partial charge in [-0.1, -0.05) is 41.1 Å². The van der Waals surface area contributed by atoms with E-state index in [1.165, 1.54) is 16.9 Å². The second kappa shape index (κ2) is 8.61. The number of hydrogen-bond donors (Lipinski definition) is 1. The Morgan fingerprint density at radius 2 is 1.87 bits per heavy atom. The summed E-state index contributed by atoms with van der Waals surface area (Å²) >= 11 is 7.73. The number of aryl methyl sites for hydroxylation is 3. The third-order valence-corrected chi connectivity index (χ3v) is 6.71. The highest BCUT2D eigenvalue weighted by Gasteiger charge is 2.20. The molecule has 0 aliphatic rings. The van der Waals surface area contributed by atoms with Crippen molar-refractivity contribution in [2.24, 2.45) is 0 Å². The molecule has 6 nitrogen and oxygen atoms in total. The number of amides is 1. The van der Waals surface area contributed by atoms with Gasteiger partial charge in [0.15, 0.2) is 10.8 Å². The molecule has 0 atom stereocenters. The standard InChI is InChI=1S/C23H22ClN5OS/c1-13-9-10-18(11-14(13)2)29-16(4)21(27-28-29)22(30)26-23-25-15(3)20(31-23)12-17-7-5-6-8-19(17)24/h5-11H,12H2,1-4H3,(H,25,26,30). The highest BCUT2D eigenvalue weighted by molar-refractivity contribution is 7.15. The average Bonchev–Trinajstić information content (AvgIpc) is 3.28. The number of anilines is 1. The Labute approximate surface area is 189 Å². The van der Waals surface area contributed by atoms with E-state index in [4.69, 9.17) is 11.6 Å². The number of hydrogen-bond acceptors (Lipinski definition) is 5. The molecule has 8 heteroatoms. The Kier molecular flexibility index (Phi) is 5.89. The summed E-state index contributed by atoms with van der Waals surface area (Å²) in [6.45, 7) is 7.87. The number of nitrogens with one attached hydrogen (secondary N) is 1. The maximum atomic E-state index is 12.9. The molecule has 4 rings (SSSR count). The maximum Gasteiger partial charge on any atom is 0.279 e. The molecular formula is C23H22ClN5OS. The van der Waals surface area contributed by atoms with E-state index < -0.39 is 0 Å². The van der Waals surface area contributed by atoms with Crippen LogP contribution in [-0.2, 0) is 6.42 Å². The van der Waals surface area contributed by atoms with Gasteiger partial charge in [0.05, 0.1) is 17.1 Å². The molecule has 2 heterocycles. The Bertz CT molecular complexity index is 1280. The average molecular weight is 452 g/mol. The number of carbonyl (C=O) groups excluding carboxylic acids is 1. The number of rotatable bonds is 5. The molecule has 1 N–H and O–H groups in total. The summed E-state index contributed by atoms with van der Waals surface area (Å²) in [4.78, 5) is 18.4. The molecule has 158 valence electrons. The van der Waals surface area contributed by atoms with Gasteiger partial charge in [0.25, 0.3) is 5.91 Å². The SMILES string of the molecule is Cc1ccc(-n2nnc(C(=O)Nc3nc(C)c(Cc4ccccc4Cl)s3)c2C)cc1C. The van der Waals surface area contributed by atoms with E-state index in [1.807, 2.05) is 63.2 Å². The Hall–Kier alpha value is -3.03. The first kappa shape index (κ1) is 21.2. The van der Waals surface area contributed by atoms with E-state index in [-0.39, 0.29) is 11.6 Å². The van der Waals surface area contributed by atoms with E-state index >= 15 is 0 Å². The van der Waals surface area contributed by atoms with Crippen molar-refractivity contribution in [2.45, 2.75) is 34.1 Å². The molecule has 4 aromatic rings. The van der Waals surface area contributed by atoms with Crippen LogP contribution in [0, 0.1) is 27.7 Å². The van der Waals surface area contributed by atoms with Gasteiger partial charge in [0.1, 0.15) is 0 Å². The molecule has 0 fully saturated rings. The predicted octanol–water partition coefficient (Wildman–Crippen LogP) is 5.45. The molecule has 0 bridgehead atoms. The van der Waals surface area contributed by atoms with Gasteiger partial charge in [-0.3, -0.25) is 10.1 Å². The molecule has 0 radical (unpaired) electrons.